The topological polar surface area (TPSA) is 52.3 Å². The second kappa shape index (κ2) is 5.91. The molecule has 0 aliphatic heterocycles. The van der Waals surface area contributed by atoms with Crippen LogP contribution in [0.1, 0.15) is 12.8 Å². The van der Waals surface area contributed by atoms with Gasteiger partial charge in [-0.05, 0) is 17.3 Å². The van der Waals surface area contributed by atoms with Gasteiger partial charge < -0.3 is 10.5 Å². The lowest BCUT2D eigenvalue weighted by Crippen LogP contribution is -2.31. The maximum Gasteiger partial charge on any atom is 0.322 e. The van der Waals surface area contributed by atoms with Gasteiger partial charge in [0.05, 0.1) is 7.11 Å². The first kappa shape index (κ1) is 10.2. The minimum atomic E-state index is -0.431. The van der Waals surface area contributed by atoms with Crippen molar-refractivity contribution in [2.75, 3.05) is 11.5 Å². The highest BCUT2D eigenvalue weighted by Crippen LogP contribution is 1.98. The van der Waals surface area contributed by atoms with Crippen molar-refractivity contribution in [1.82, 2.24) is 0 Å². The number of ether oxygens (including phenoxy) is 1. The summed E-state index contributed by atoms with van der Waals surface area (Å²) >= 11 is 2.25. The lowest BCUT2D eigenvalue weighted by atomic mass is 10.2. The molecule has 4 heteroatoms. The van der Waals surface area contributed by atoms with Gasteiger partial charge in [-0.25, -0.2) is 0 Å². The van der Waals surface area contributed by atoms with E-state index in [2.05, 4.69) is 27.3 Å². The summed E-state index contributed by atoms with van der Waals surface area (Å²) in [4.78, 5) is 10.7. The predicted octanol–water partition coefficient (Wildman–Crippen LogP) is 0.702. The van der Waals surface area contributed by atoms with Gasteiger partial charge in [0, 0.05) is 0 Å². The van der Waals surface area contributed by atoms with Gasteiger partial charge in [0.1, 0.15) is 6.04 Å². The van der Waals surface area contributed by atoms with Crippen molar-refractivity contribution >= 4 is 28.6 Å². The van der Waals surface area contributed by atoms with Crippen LogP contribution >= 0.6 is 22.6 Å². The summed E-state index contributed by atoms with van der Waals surface area (Å²) in [7, 11) is 1.35. The first-order chi connectivity index (χ1) is 4.72. The number of halogens is 1. The van der Waals surface area contributed by atoms with Crippen molar-refractivity contribution in [2.45, 2.75) is 18.9 Å². The molecular weight excluding hydrogens is 245 g/mol. The normalized spacial score (nSPS) is 12.7. The average molecular weight is 257 g/mol. The monoisotopic (exact) mass is 257 g/mol. The molecule has 0 aromatic rings. The molecule has 0 unspecified atom stereocenters. The van der Waals surface area contributed by atoms with Crippen LogP contribution in [0.5, 0.6) is 0 Å². The minimum Gasteiger partial charge on any atom is -0.468 e. The third-order valence-electron chi connectivity index (χ3n) is 1.15. The maximum absolute atomic E-state index is 10.7. The van der Waals surface area contributed by atoms with Gasteiger partial charge in [0.2, 0.25) is 0 Å². The van der Waals surface area contributed by atoms with Crippen LogP contribution in [0.15, 0.2) is 0 Å². The molecule has 0 aliphatic rings. The zero-order valence-electron chi connectivity index (χ0n) is 5.97. The fourth-order valence-electron chi connectivity index (χ4n) is 0.566. The third kappa shape index (κ3) is 4.05. The molecule has 0 spiro atoms. The number of esters is 1. The van der Waals surface area contributed by atoms with Crippen molar-refractivity contribution in [1.29, 1.82) is 0 Å². The summed E-state index contributed by atoms with van der Waals surface area (Å²) in [5.74, 6) is -0.315. The van der Waals surface area contributed by atoms with Crippen molar-refractivity contribution < 1.29 is 9.53 Å². The molecule has 0 saturated heterocycles. The number of methoxy groups -OCH3 is 1. The Morgan fingerprint density at radius 3 is 2.80 bits per heavy atom. The summed E-state index contributed by atoms with van der Waals surface area (Å²) in [6.45, 7) is 0. The zero-order chi connectivity index (χ0) is 7.98. The van der Waals surface area contributed by atoms with E-state index in [1.807, 2.05) is 0 Å². The van der Waals surface area contributed by atoms with E-state index in [9.17, 15) is 4.79 Å². The molecule has 0 aromatic heterocycles. The number of nitrogens with two attached hydrogens (primary N) is 1. The van der Waals surface area contributed by atoms with E-state index >= 15 is 0 Å². The van der Waals surface area contributed by atoms with E-state index in [0.717, 1.165) is 17.3 Å². The molecule has 0 radical (unpaired) electrons. The molecule has 0 aliphatic carbocycles. The first-order valence-electron chi connectivity index (χ1n) is 3.11. The van der Waals surface area contributed by atoms with E-state index < -0.39 is 6.04 Å². The standard InChI is InChI=1S/C6H12INO2/c1-10-6(9)5(8)3-2-4-7/h5H,2-4,8H2,1H3/t5-/m1/s1. The first-order valence-corrected chi connectivity index (χ1v) is 4.64. The van der Waals surface area contributed by atoms with Crippen molar-refractivity contribution in [3.63, 3.8) is 0 Å². The zero-order valence-corrected chi connectivity index (χ0v) is 8.13. The third-order valence-corrected chi connectivity index (χ3v) is 1.92. The largest absolute Gasteiger partial charge is 0.468 e. The Morgan fingerprint density at radius 2 is 2.40 bits per heavy atom. The van der Waals surface area contributed by atoms with E-state index in [1.165, 1.54) is 7.11 Å². The number of alkyl halides is 1. The second-order valence-electron chi connectivity index (χ2n) is 1.96. The lowest BCUT2D eigenvalue weighted by Gasteiger charge is -2.06. The Bertz CT molecular complexity index is 108. The Balaban J connectivity index is 3.41. The molecule has 10 heavy (non-hydrogen) atoms. The molecule has 0 aromatic carbocycles. The predicted molar refractivity (Wildman–Crippen MR) is 48.1 cm³/mol. The molecule has 3 nitrogen and oxygen atoms in total. The molecule has 0 bridgehead atoms. The van der Waals surface area contributed by atoms with Gasteiger partial charge in [-0.1, -0.05) is 22.6 Å². The Morgan fingerprint density at radius 1 is 1.80 bits per heavy atom. The van der Waals surface area contributed by atoms with Crippen LogP contribution in [0.2, 0.25) is 0 Å². The van der Waals surface area contributed by atoms with Crippen LogP contribution in [-0.2, 0) is 9.53 Å². The minimum absolute atomic E-state index is 0.315. The Kier molecular flexibility index (Phi) is 6.00. The van der Waals surface area contributed by atoms with Crippen LogP contribution in [0, 0.1) is 0 Å². The van der Waals surface area contributed by atoms with Gasteiger partial charge in [-0.2, -0.15) is 0 Å². The van der Waals surface area contributed by atoms with Gasteiger partial charge in [0.25, 0.3) is 0 Å². The highest BCUT2D eigenvalue weighted by atomic mass is 127. The number of rotatable bonds is 4. The highest BCUT2D eigenvalue weighted by molar-refractivity contribution is 14.1. The van der Waals surface area contributed by atoms with Crippen LogP contribution in [0.3, 0.4) is 0 Å². The Labute approximate surface area is 74.4 Å². The summed E-state index contributed by atoms with van der Waals surface area (Å²) in [5, 5.41) is 0. The van der Waals surface area contributed by atoms with Gasteiger partial charge >= 0.3 is 5.97 Å². The molecule has 2 N–H and O–H groups in total. The fourth-order valence-corrected chi connectivity index (χ4v) is 1.01. The van der Waals surface area contributed by atoms with Crippen LogP contribution < -0.4 is 5.73 Å². The highest BCUT2D eigenvalue weighted by Gasteiger charge is 2.11. The van der Waals surface area contributed by atoms with Crippen LogP contribution in [0.4, 0.5) is 0 Å². The smallest absolute Gasteiger partial charge is 0.322 e. The molecule has 60 valence electrons. The molecule has 0 amide bonds. The van der Waals surface area contributed by atoms with E-state index in [0.29, 0.717) is 0 Å². The molecule has 0 heterocycles. The van der Waals surface area contributed by atoms with Gasteiger partial charge in [-0.15, -0.1) is 0 Å². The number of carbonyl (C=O) groups is 1. The summed E-state index contributed by atoms with van der Waals surface area (Å²) in [6.07, 6.45) is 1.69. The van der Waals surface area contributed by atoms with Gasteiger partial charge in [-0.3, -0.25) is 4.79 Å². The summed E-state index contributed by atoms with van der Waals surface area (Å²) in [5.41, 5.74) is 5.44. The molecule has 0 fully saturated rings. The SMILES string of the molecule is COC(=O)[C@H](N)CCCI. The van der Waals surface area contributed by atoms with E-state index in [4.69, 9.17) is 5.73 Å². The lowest BCUT2D eigenvalue weighted by molar-refractivity contribution is -0.142. The van der Waals surface area contributed by atoms with E-state index in [1.54, 1.807) is 0 Å². The number of hydrogen-bond donors (Lipinski definition) is 1. The number of carbonyl (C=O) groups excluding carboxylic acids is 1. The quantitative estimate of drug-likeness (QED) is 0.458. The summed E-state index contributed by atoms with van der Waals surface area (Å²) < 4.78 is 5.47. The molecular formula is C6H12INO2. The molecule has 0 rings (SSSR count). The van der Waals surface area contributed by atoms with Crippen molar-refractivity contribution in [3.05, 3.63) is 0 Å². The fraction of sp³-hybridized carbons (Fsp3) is 0.833. The van der Waals surface area contributed by atoms with E-state index in [-0.39, 0.29) is 5.97 Å². The van der Waals surface area contributed by atoms with Crippen molar-refractivity contribution in [2.24, 2.45) is 5.73 Å². The average Bonchev–Trinajstić information content (AvgIpc) is 1.98. The van der Waals surface area contributed by atoms with Crippen molar-refractivity contribution in [3.8, 4) is 0 Å². The van der Waals surface area contributed by atoms with Crippen LogP contribution in [-0.4, -0.2) is 23.5 Å². The van der Waals surface area contributed by atoms with Gasteiger partial charge in [0.15, 0.2) is 0 Å². The number of hydrogen-bond acceptors (Lipinski definition) is 3. The molecule has 0 saturated carbocycles. The summed E-state index contributed by atoms with van der Waals surface area (Å²) in [6, 6.07) is -0.431. The second-order valence-corrected chi connectivity index (χ2v) is 3.04. The maximum atomic E-state index is 10.7. The Hall–Kier alpha value is 0.160. The molecule has 1 atom stereocenters. The van der Waals surface area contributed by atoms with Crippen LogP contribution in [0.25, 0.3) is 0 Å².